The highest BCUT2D eigenvalue weighted by molar-refractivity contribution is 9.11. The van der Waals surface area contributed by atoms with E-state index in [1.165, 1.54) is 12.1 Å². The molecule has 4 aromatic carbocycles. The molecule has 0 saturated heterocycles. The van der Waals surface area contributed by atoms with Crippen molar-refractivity contribution in [1.82, 2.24) is 0 Å². The average molecular weight is 753 g/mol. The summed E-state index contributed by atoms with van der Waals surface area (Å²) in [5, 5.41) is 10.9. The van der Waals surface area contributed by atoms with E-state index in [0.29, 0.717) is 24.7 Å². The SMILES string of the molecule is O=[N+]([O-])c1ccc(/C=C/c2ccc(OCc3cc(Br)cc(Br)c3)c(OCc3cc(Br)cc(Br)c3)c2)cc1. The number of nitro benzene ring substituents is 1. The third-order valence-electron chi connectivity index (χ3n) is 5.17. The van der Waals surface area contributed by atoms with Crippen LogP contribution in [0.25, 0.3) is 12.2 Å². The topological polar surface area (TPSA) is 61.6 Å². The van der Waals surface area contributed by atoms with Crippen LogP contribution < -0.4 is 9.47 Å². The molecule has 9 heteroatoms. The van der Waals surface area contributed by atoms with Gasteiger partial charge in [-0.25, -0.2) is 0 Å². The quantitative estimate of drug-likeness (QED) is 0.0971. The summed E-state index contributed by atoms with van der Waals surface area (Å²) in [6, 6.07) is 24.1. The first kappa shape index (κ1) is 27.6. The largest absolute Gasteiger partial charge is 0.485 e. The minimum atomic E-state index is -0.410. The summed E-state index contributed by atoms with van der Waals surface area (Å²) in [7, 11) is 0. The van der Waals surface area contributed by atoms with E-state index in [9.17, 15) is 10.1 Å². The highest BCUT2D eigenvalue weighted by atomic mass is 79.9. The summed E-state index contributed by atoms with van der Waals surface area (Å²) < 4.78 is 16.2. The molecule has 0 aliphatic carbocycles. The fourth-order valence-corrected chi connectivity index (χ4v) is 6.25. The van der Waals surface area contributed by atoms with Crippen LogP contribution >= 0.6 is 63.7 Å². The third kappa shape index (κ3) is 8.26. The Balaban J connectivity index is 1.56. The van der Waals surface area contributed by atoms with Gasteiger partial charge in [0, 0.05) is 30.0 Å². The van der Waals surface area contributed by atoms with E-state index < -0.39 is 4.92 Å². The second-order valence-electron chi connectivity index (χ2n) is 8.02. The van der Waals surface area contributed by atoms with E-state index in [-0.39, 0.29) is 5.69 Å². The van der Waals surface area contributed by atoms with Crippen LogP contribution in [-0.4, -0.2) is 4.92 Å². The van der Waals surface area contributed by atoms with Crippen molar-refractivity contribution in [3.05, 3.63) is 129 Å². The van der Waals surface area contributed by atoms with E-state index in [4.69, 9.17) is 9.47 Å². The number of nitrogens with zero attached hydrogens (tertiary/aromatic N) is 1. The van der Waals surface area contributed by atoms with Crippen molar-refractivity contribution in [3.8, 4) is 11.5 Å². The third-order valence-corrected chi connectivity index (χ3v) is 7.00. The van der Waals surface area contributed by atoms with Crippen LogP contribution in [0.2, 0.25) is 0 Å². The zero-order valence-electron chi connectivity index (χ0n) is 19.2. The lowest BCUT2D eigenvalue weighted by Crippen LogP contribution is -2.01. The molecule has 0 bridgehead atoms. The van der Waals surface area contributed by atoms with E-state index in [1.54, 1.807) is 12.1 Å². The molecule has 0 aromatic heterocycles. The molecule has 0 unspecified atom stereocenters. The predicted molar refractivity (Wildman–Crippen MR) is 161 cm³/mol. The van der Waals surface area contributed by atoms with Crippen molar-refractivity contribution in [2.45, 2.75) is 13.2 Å². The Hall–Kier alpha value is -2.46. The van der Waals surface area contributed by atoms with Gasteiger partial charge < -0.3 is 9.47 Å². The normalized spacial score (nSPS) is 11.0. The van der Waals surface area contributed by atoms with Gasteiger partial charge in [0.25, 0.3) is 5.69 Å². The average Bonchev–Trinajstić information content (AvgIpc) is 2.84. The first-order chi connectivity index (χ1) is 17.7. The van der Waals surface area contributed by atoms with E-state index in [1.807, 2.05) is 66.7 Å². The summed E-state index contributed by atoms with van der Waals surface area (Å²) in [6.45, 7) is 0.723. The Morgan fingerprint density at radius 1 is 0.622 bits per heavy atom. The molecule has 0 aliphatic heterocycles. The van der Waals surface area contributed by atoms with Gasteiger partial charge in [0.1, 0.15) is 13.2 Å². The Morgan fingerprint density at radius 3 is 1.59 bits per heavy atom. The van der Waals surface area contributed by atoms with Gasteiger partial charge >= 0.3 is 0 Å². The van der Waals surface area contributed by atoms with Crippen molar-refractivity contribution < 1.29 is 14.4 Å². The first-order valence-electron chi connectivity index (χ1n) is 11.0. The van der Waals surface area contributed by atoms with Gasteiger partial charge in [-0.15, -0.1) is 0 Å². The lowest BCUT2D eigenvalue weighted by atomic mass is 10.1. The highest BCUT2D eigenvalue weighted by Gasteiger charge is 2.09. The molecule has 0 heterocycles. The number of hydrogen-bond acceptors (Lipinski definition) is 4. The number of non-ortho nitro benzene ring substituents is 1. The number of hydrogen-bond donors (Lipinski definition) is 0. The lowest BCUT2D eigenvalue weighted by Gasteiger charge is -2.14. The van der Waals surface area contributed by atoms with Gasteiger partial charge in [0.05, 0.1) is 4.92 Å². The summed E-state index contributed by atoms with van der Waals surface area (Å²) in [6.07, 6.45) is 3.83. The number of halogens is 4. The monoisotopic (exact) mass is 749 g/mol. The van der Waals surface area contributed by atoms with Gasteiger partial charge in [-0.05, 0) is 82.9 Å². The van der Waals surface area contributed by atoms with Crippen LogP contribution in [0.3, 0.4) is 0 Å². The zero-order chi connectivity index (χ0) is 26.4. The number of nitro groups is 1. The number of rotatable bonds is 9. The fourth-order valence-electron chi connectivity index (χ4n) is 3.47. The van der Waals surface area contributed by atoms with Crippen LogP contribution in [0.5, 0.6) is 11.5 Å². The summed E-state index contributed by atoms with van der Waals surface area (Å²) in [4.78, 5) is 10.5. The molecule has 0 radical (unpaired) electrons. The van der Waals surface area contributed by atoms with Crippen molar-refractivity contribution >= 4 is 81.6 Å². The van der Waals surface area contributed by atoms with Crippen LogP contribution in [0.1, 0.15) is 22.3 Å². The fraction of sp³-hybridized carbons (Fsp3) is 0.0714. The molecule has 0 N–H and O–H groups in total. The summed E-state index contributed by atoms with van der Waals surface area (Å²) in [5.74, 6) is 1.23. The zero-order valence-corrected chi connectivity index (χ0v) is 25.5. The molecule has 0 saturated carbocycles. The molecular formula is C28H19Br4NO4. The second kappa shape index (κ2) is 12.9. The van der Waals surface area contributed by atoms with Crippen LogP contribution in [-0.2, 0) is 13.2 Å². The van der Waals surface area contributed by atoms with Crippen molar-refractivity contribution in [1.29, 1.82) is 0 Å². The molecule has 4 rings (SSSR count). The first-order valence-corrected chi connectivity index (χ1v) is 14.1. The molecule has 0 amide bonds. The van der Waals surface area contributed by atoms with Crippen LogP contribution in [0.4, 0.5) is 5.69 Å². The Morgan fingerprint density at radius 2 is 1.08 bits per heavy atom. The molecule has 37 heavy (non-hydrogen) atoms. The van der Waals surface area contributed by atoms with Gasteiger partial charge in [-0.3, -0.25) is 10.1 Å². The van der Waals surface area contributed by atoms with Gasteiger partial charge in [-0.1, -0.05) is 81.9 Å². The van der Waals surface area contributed by atoms with Crippen molar-refractivity contribution in [3.63, 3.8) is 0 Å². The smallest absolute Gasteiger partial charge is 0.269 e. The van der Waals surface area contributed by atoms with Gasteiger partial charge in [-0.2, -0.15) is 0 Å². The Labute approximate surface area is 248 Å². The molecule has 5 nitrogen and oxygen atoms in total. The maximum atomic E-state index is 10.9. The van der Waals surface area contributed by atoms with E-state index >= 15 is 0 Å². The Bertz CT molecular complexity index is 1420. The van der Waals surface area contributed by atoms with E-state index in [2.05, 4.69) is 63.7 Å². The predicted octanol–water partition coefficient (Wildman–Crippen LogP) is 9.97. The standard InChI is InChI=1S/C28H19Br4NO4/c29-22-9-20(10-23(30)14-22)16-36-27-8-5-19(2-1-18-3-6-26(7-4-18)33(34)35)13-28(27)37-17-21-11-24(31)15-25(32)12-21/h1-15H,16-17H2/b2-1+. The van der Waals surface area contributed by atoms with Crippen molar-refractivity contribution in [2.75, 3.05) is 0 Å². The maximum absolute atomic E-state index is 10.9. The van der Waals surface area contributed by atoms with Crippen LogP contribution in [0, 0.1) is 10.1 Å². The van der Waals surface area contributed by atoms with Crippen LogP contribution in [0.15, 0.2) is 96.8 Å². The highest BCUT2D eigenvalue weighted by Crippen LogP contribution is 2.32. The summed E-state index contributed by atoms with van der Waals surface area (Å²) in [5.41, 5.74) is 3.82. The molecule has 0 atom stereocenters. The Kier molecular flexibility index (Phi) is 9.59. The van der Waals surface area contributed by atoms with Gasteiger partial charge in [0.15, 0.2) is 11.5 Å². The van der Waals surface area contributed by atoms with Gasteiger partial charge in [0.2, 0.25) is 0 Å². The van der Waals surface area contributed by atoms with Crippen molar-refractivity contribution in [2.24, 2.45) is 0 Å². The molecule has 188 valence electrons. The minimum absolute atomic E-state index is 0.0611. The molecule has 0 fully saturated rings. The molecule has 0 aliphatic rings. The number of benzene rings is 4. The lowest BCUT2D eigenvalue weighted by molar-refractivity contribution is -0.384. The van der Waals surface area contributed by atoms with E-state index in [0.717, 1.165) is 40.1 Å². The summed E-state index contributed by atoms with van der Waals surface area (Å²) >= 11 is 14.1. The minimum Gasteiger partial charge on any atom is -0.485 e. The maximum Gasteiger partial charge on any atom is 0.269 e. The number of ether oxygens (including phenoxy) is 2. The molecular weight excluding hydrogens is 734 g/mol. The molecule has 0 spiro atoms. The second-order valence-corrected chi connectivity index (χ2v) is 11.7. The molecule has 4 aromatic rings.